The third-order valence-corrected chi connectivity index (χ3v) is 3.17. The number of carboxylic acids is 1. The average molecular weight is 227 g/mol. The zero-order valence-corrected chi connectivity index (χ0v) is 9.71. The molecule has 0 heterocycles. The molecular weight excluding hydrogens is 206 g/mol. The fourth-order valence-electron chi connectivity index (χ4n) is 2.21. The second-order valence-corrected chi connectivity index (χ2v) is 4.54. The highest BCUT2D eigenvalue weighted by atomic mass is 16.4. The molecule has 0 atom stereocenters. The van der Waals surface area contributed by atoms with Crippen LogP contribution in [-0.2, 0) is 9.59 Å². The minimum atomic E-state index is -0.868. The van der Waals surface area contributed by atoms with Gasteiger partial charge in [-0.2, -0.15) is 0 Å². The van der Waals surface area contributed by atoms with Crippen LogP contribution in [0.5, 0.6) is 0 Å². The van der Waals surface area contributed by atoms with Gasteiger partial charge in [-0.25, -0.2) is 0 Å². The van der Waals surface area contributed by atoms with Crippen LogP contribution in [0.2, 0.25) is 0 Å². The molecule has 0 aromatic carbocycles. The summed E-state index contributed by atoms with van der Waals surface area (Å²) in [5, 5.41) is 11.0. The van der Waals surface area contributed by atoms with Gasteiger partial charge >= 0.3 is 5.97 Å². The van der Waals surface area contributed by atoms with E-state index in [1.54, 1.807) is 0 Å². The molecule has 0 radical (unpaired) electrons. The van der Waals surface area contributed by atoms with Crippen molar-refractivity contribution in [1.82, 2.24) is 5.32 Å². The van der Waals surface area contributed by atoms with Gasteiger partial charge < -0.3 is 10.4 Å². The second-order valence-electron chi connectivity index (χ2n) is 4.54. The van der Waals surface area contributed by atoms with Gasteiger partial charge in [0.05, 0.1) is 6.42 Å². The van der Waals surface area contributed by atoms with Gasteiger partial charge in [0.2, 0.25) is 5.91 Å². The molecule has 92 valence electrons. The number of hydrogen-bond acceptors (Lipinski definition) is 2. The van der Waals surface area contributed by atoms with Crippen molar-refractivity contribution < 1.29 is 14.7 Å². The summed E-state index contributed by atoms with van der Waals surface area (Å²) in [7, 11) is 0. The van der Waals surface area contributed by atoms with Crippen LogP contribution in [0.1, 0.15) is 51.4 Å². The molecule has 1 saturated carbocycles. The Hall–Kier alpha value is -1.06. The van der Waals surface area contributed by atoms with E-state index in [0.717, 1.165) is 6.42 Å². The standard InChI is InChI=1S/C12H21NO3/c14-11(13-9-8-12(15)16)7-6-10-4-2-1-3-5-10/h10H,1-9H2,(H,13,14)(H,15,16). The first-order valence-electron chi connectivity index (χ1n) is 6.17. The van der Waals surface area contributed by atoms with Crippen molar-refractivity contribution in [2.45, 2.75) is 51.4 Å². The van der Waals surface area contributed by atoms with Crippen molar-refractivity contribution in [3.8, 4) is 0 Å². The van der Waals surface area contributed by atoms with Crippen LogP contribution in [0.4, 0.5) is 0 Å². The van der Waals surface area contributed by atoms with Gasteiger partial charge in [-0.1, -0.05) is 32.1 Å². The number of hydrogen-bond donors (Lipinski definition) is 2. The van der Waals surface area contributed by atoms with Crippen molar-refractivity contribution in [2.24, 2.45) is 5.92 Å². The largest absolute Gasteiger partial charge is 0.481 e. The van der Waals surface area contributed by atoms with Gasteiger partial charge in [0.1, 0.15) is 0 Å². The van der Waals surface area contributed by atoms with E-state index in [4.69, 9.17) is 5.11 Å². The van der Waals surface area contributed by atoms with Crippen LogP contribution in [0.15, 0.2) is 0 Å². The number of aliphatic carboxylic acids is 1. The summed E-state index contributed by atoms with van der Waals surface area (Å²) >= 11 is 0. The molecule has 0 aromatic rings. The zero-order valence-electron chi connectivity index (χ0n) is 9.71. The molecule has 0 aromatic heterocycles. The molecule has 2 N–H and O–H groups in total. The summed E-state index contributed by atoms with van der Waals surface area (Å²) < 4.78 is 0. The highest BCUT2D eigenvalue weighted by molar-refractivity contribution is 5.76. The summed E-state index contributed by atoms with van der Waals surface area (Å²) in [6, 6.07) is 0. The Morgan fingerprint density at radius 3 is 2.44 bits per heavy atom. The number of nitrogens with one attached hydrogen (secondary N) is 1. The minimum Gasteiger partial charge on any atom is -0.481 e. The Kier molecular flexibility index (Phi) is 5.90. The summed E-state index contributed by atoms with van der Waals surface area (Å²) in [6.45, 7) is 0.249. The summed E-state index contributed by atoms with van der Waals surface area (Å²) in [4.78, 5) is 21.6. The van der Waals surface area contributed by atoms with Gasteiger partial charge in [-0.3, -0.25) is 9.59 Å². The summed E-state index contributed by atoms with van der Waals surface area (Å²) in [5.41, 5.74) is 0. The molecule has 0 saturated heterocycles. The normalized spacial score (nSPS) is 17.0. The van der Waals surface area contributed by atoms with Crippen LogP contribution >= 0.6 is 0 Å². The van der Waals surface area contributed by atoms with Gasteiger partial charge in [0.15, 0.2) is 0 Å². The average Bonchev–Trinajstić information content (AvgIpc) is 2.27. The lowest BCUT2D eigenvalue weighted by atomic mass is 9.86. The number of amides is 1. The van der Waals surface area contributed by atoms with Crippen LogP contribution in [0.3, 0.4) is 0 Å². The number of rotatable bonds is 6. The maximum absolute atomic E-state index is 11.4. The molecule has 4 nitrogen and oxygen atoms in total. The smallest absolute Gasteiger partial charge is 0.305 e. The maximum atomic E-state index is 11.4. The molecule has 0 unspecified atom stereocenters. The summed E-state index contributed by atoms with van der Waals surface area (Å²) in [6.07, 6.45) is 7.95. The molecule has 1 aliphatic rings. The van der Waals surface area contributed by atoms with Crippen molar-refractivity contribution in [1.29, 1.82) is 0 Å². The Balaban J connectivity index is 2.02. The van der Waals surface area contributed by atoms with E-state index in [0.29, 0.717) is 12.3 Å². The van der Waals surface area contributed by atoms with E-state index >= 15 is 0 Å². The molecule has 1 aliphatic carbocycles. The van der Waals surface area contributed by atoms with Crippen molar-refractivity contribution >= 4 is 11.9 Å². The molecule has 0 aliphatic heterocycles. The molecule has 4 heteroatoms. The summed E-state index contributed by atoms with van der Waals surface area (Å²) in [5.74, 6) is -0.168. The van der Waals surface area contributed by atoms with Gasteiger partial charge in [-0.15, -0.1) is 0 Å². The third-order valence-electron chi connectivity index (χ3n) is 3.17. The highest BCUT2D eigenvalue weighted by Crippen LogP contribution is 2.27. The van der Waals surface area contributed by atoms with Crippen LogP contribution in [0.25, 0.3) is 0 Å². The lowest BCUT2D eigenvalue weighted by Crippen LogP contribution is -2.26. The molecule has 1 amide bonds. The van der Waals surface area contributed by atoms with Crippen LogP contribution in [-0.4, -0.2) is 23.5 Å². The number of carboxylic acid groups (broad SMARTS) is 1. The van der Waals surface area contributed by atoms with Gasteiger partial charge in [0.25, 0.3) is 0 Å². The molecule has 0 spiro atoms. The SMILES string of the molecule is O=C(O)CCNC(=O)CCC1CCCCC1. The fourth-order valence-corrected chi connectivity index (χ4v) is 2.21. The first kappa shape index (κ1) is 13.0. The molecular formula is C12H21NO3. The van der Waals surface area contributed by atoms with Gasteiger partial charge in [-0.05, 0) is 12.3 Å². The monoisotopic (exact) mass is 227 g/mol. The highest BCUT2D eigenvalue weighted by Gasteiger charge is 2.14. The van der Waals surface area contributed by atoms with Gasteiger partial charge in [0, 0.05) is 13.0 Å². The van der Waals surface area contributed by atoms with Crippen LogP contribution in [0, 0.1) is 5.92 Å². The third kappa shape index (κ3) is 5.73. The van der Waals surface area contributed by atoms with Crippen molar-refractivity contribution in [2.75, 3.05) is 6.54 Å². The van der Waals surface area contributed by atoms with Crippen LogP contribution < -0.4 is 5.32 Å². The van der Waals surface area contributed by atoms with Crippen molar-refractivity contribution in [3.63, 3.8) is 0 Å². The van der Waals surface area contributed by atoms with E-state index < -0.39 is 5.97 Å². The first-order valence-corrected chi connectivity index (χ1v) is 6.17. The Bertz CT molecular complexity index is 234. The maximum Gasteiger partial charge on any atom is 0.305 e. The molecule has 1 rings (SSSR count). The predicted octanol–water partition coefficient (Wildman–Crippen LogP) is 1.94. The predicted molar refractivity (Wildman–Crippen MR) is 61.1 cm³/mol. The number of carbonyl (C=O) groups excluding carboxylic acids is 1. The van der Waals surface area contributed by atoms with E-state index in [1.165, 1.54) is 32.1 Å². The molecule has 0 bridgehead atoms. The topological polar surface area (TPSA) is 66.4 Å². The fraction of sp³-hybridized carbons (Fsp3) is 0.833. The Labute approximate surface area is 96.4 Å². The Morgan fingerprint density at radius 2 is 1.81 bits per heavy atom. The lowest BCUT2D eigenvalue weighted by molar-refractivity contribution is -0.136. The minimum absolute atomic E-state index is 0.00757. The van der Waals surface area contributed by atoms with E-state index in [-0.39, 0.29) is 18.9 Å². The Morgan fingerprint density at radius 1 is 1.12 bits per heavy atom. The zero-order chi connectivity index (χ0) is 11.8. The molecule has 1 fully saturated rings. The molecule has 16 heavy (non-hydrogen) atoms. The van der Waals surface area contributed by atoms with E-state index in [9.17, 15) is 9.59 Å². The first-order chi connectivity index (χ1) is 7.68. The van der Waals surface area contributed by atoms with E-state index in [2.05, 4.69) is 5.32 Å². The van der Waals surface area contributed by atoms with E-state index in [1.807, 2.05) is 0 Å². The lowest BCUT2D eigenvalue weighted by Gasteiger charge is -2.20. The number of carbonyl (C=O) groups is 2. The second kappa shape index (κ2) is 7.25. The quantitative estimate of drug-likeness (QED) is 0.728. The van der Waals surface area contributed by atoms with Crippen molar-refractivity contribution in [3.05, 3.63) is 0 Å².